The summed E-state index contributed by atoms with van der Waals surface area (Å²) in [6.07, 6.45) is 9.60. The van der Waals surface area contributed by atoms with Crippen molar-refractivity contribution >= 4 is 5.97 Å². The lowest BCUT2D eigenvalue weighted by Gasteiger charge is -2.05. The molecule has 0 rings (SSSR count). The third kappa shape index (κ3) is 11.8. The van der Waals surface area contributed by atoms with E-state index in [1.807, 2.05) is 13.8 Å². The van der Waals surface area contributed by atoms with E-state index < -0.39 is 0 Å². The first-order chi connectivity index (χ1) is 8.95. The van der Waals surface area contributed by atoms with Crippen LogP contribution in [-0.2, 0) is 9.53 Å². The van der Waals surface area contributed by atoms with Gasteiger partial charge in [0.25, 0.3) is 0 Å². The molecular weight excluding hydrogens is 236 g/mol. The Balaban J connectivity index is 3.89. The normalized spacial score (nSPS) is 12.9. The van der Waals surface area contributed by atoms with Crippen molar-refractivity contribution in [2.45, 2.75) is 66.7 Å². The Morgan fingerprint density at radius 3 is 2.42 bits per heavy atom. The van der Waals surface area contributed by atoms with E-state index in [0.717, 1.165) is 24.3 Å². The average molecular weight is 266 g/mol. The Labute approximate surface area is 118 Å². The number of allylic oxidation sites excluding steroid dienone is 3. The highest BCUT2D eigenvalue weighted by atomic mass is 16.5. The highest BCUT2D eigenvalue weighted by molar-refractivity contribution is 5.82. The van der Waals surface area contributed by atoms with E-state index in [2.05, 4.69) is 26.8 Å². The molecule has 0 saturated heterocycles. The summed E-state index contributed by atoms with van der Waals surface area (Å²) in [4.78, 5) is 11.2. The van der Waals surface area contributed by atoms with Crippen molar-refractivity contribution < 1.29 is 9.53 Å². The third-order valence-electron chi connectivity index (χ3n) is 3.03. The predicted molar refractivity (Wildman–Crippen MR) is 82.1 cm³/mol. The van der Waals surface area contributed by atoms with Crippen LogP contribution in [0.5, 0.6) is 0 Å². The summed E-state index contributed by atoms with van der Waals surface area (Å²) in [5.74, 6) is 0.570. The fraction of sp³-hybridized carbons (Fsp3) is 0.706. The van der Waals surface area contributed by atoms with Crippen LogP contribution >= 0.6 is 0 Å². The summed E-state index contributed by atoms with van der Waals surface area (Å²) in [7, 11) is 0. The van der Waals surface area contributed by atoms with Gasteiger partial charge in [-0.25, -0.2) is 4.79 Å². The number of carbonyl (C=O) groups is 1. The van der Waals surface area contributed by atoms with Gasteiger partial charge in [-0.2, -0.15) is 0 Å². The number of ether oxygens (including phenoxy) is 1. The molecule has 0 spiro atoms. The molecule has 0 unspecified atom stereocenters. The molecule has 0 fully saturated rings. The zero-order valence-corrected chi connectivity index (χ0v) is 13.3. The van der Waals surface area contributed by atoms with Crippen molar-refractivity contribution in [2.24, 2.45) is 5.92 Å². The van der Waals surface area contributed by atoms with Gasteiger partial charge in [-0.15, -0.1) is 0 Å². The Bertz CT molecular complexity index is 311. The second-order valence-electron chi connectivity index (χ2n) is 5.62. The van der Waals surface area contributed by atoms with Gasteiger partial charge in [0.15, 0.2) is 0 Å². The van der Waals surface area contributed by atoms with E-state index in [-0.39, 0.29) is 5.97 Å². The lowest BCUT2D eigenvalue weighted by atomic mass is 10.0. The smallest absolute Gasteiger partial charge is 0.330 e. The van der Waals surface area contributed by atoms with Gasteiger partial charge < -0.3 is 4.74 Å². The molecule has 110 valence electrons. The Morgan fingerprint density at radius 2 is 1.84 bits per heavy atom. The molecule has 0 aliphatic rings. The second-order valence-corrected chi connectivity index (χ2v) is 5.62. The molecule has 0 aliphatic heterocycles. The molecule has 0 saturated carbocycles. The lowest BCUT2D eigenvalue weighted by Crippen LogP contribution is -2.00. The highest BCUT2D eigenvalue weighted by Gasteiger charge is 1.98. The van der Waals surface area contributed by atoms with Crippen LogP contribution in [0.25, 0.3) is 0 Å². The van der Waals surface area contributed by atoms with Crippen LogP contribution in [0, 0.1) is 5.92 Å². The van der Waals surface area contributed by atoms with Crippen molar-refractivity contribution in [1.29, 1.82) is 0 Å². The molecule has 0 bridgehead atoms. The molecule has 19 heavy (non-hydrogen) atoms. The molecule has 2 nitrogen and oxygen atoms in total. The highest BCUT2D eigenvalue weighted by Crippen LogP contribution is 2.13. The number of hydrogen-bond acceptors (Lipinski definition) is 2. The van der Waals surface area contributed by atoms with Crippen molar-refractivity contribution in [3.8, 4) is 0 Å². The number of esters is 1. The van der Waals surface area contributed by atoms with E-state index in [1.165, 1.54) is 24.8 Å². The summed E-state index contributed by atoms with van der Waals surface area (Å²) in [5.41, 5.74) is 2.55. The van der Waals surface area contributed by atoms with E-state index in [1.54, 1.807) is 6.08 Å². The van der Waals surface area contributed by atoms with E-state index in [0.29, 0.717) is 6.61 Å². The van der Waals surface area contributed by atoms with Gasteiger partial charge in [0.2, 0.25) is 0 Å². The monoisotopic (exact) mass is 266 g/mol. The predicted octanol–water partition coefficient (Wildman–Crippen LogP) is 5.05. The van der Waals surface area contributed by atoms with Gasteiger partial charge in [0.05, 0.1) is 6.61 Å². The zero-order valence-electron chi connectivity index (χ0n) is 13.3. The first-order valence-electron chi connectivity index (χ1n) is 7.45. The summed E-state index contributed by atoms with van der Waals surface area (Å²) in [6.45, 7) is 11.0. The quantitative estimate of drug-likeness (QED) is 0.332. The molecule has 0 aromatic heterocycles. The van der Waals surface area contributed by atoms with Crippen LogP contribution in [-0.4, -0.2) is 12.6 Å². The first-order valence-corrected chi connectivity index (χ1v) is 7.45. The Morgan fingerprint density at radius 1 is 1.16 bits per heavy atom. The van der Waals surface area contributed by atoms with Gasteiger partial charge in [-0.05, 0) is 52.4 Å². The number of rotatable bonds is 9. The molecular formula is C17H30O2. The number of hydrogen-bond donors (Lipinski definition) is 0. The van der Waals surface area contributed by atoms with Gasteiger partial charge in [-0.1, -0.05) is 37.5 Å². The minimum atomic E-state index is -0.224. The SMILES string of the molecule is CCOC(=O)C=C(C)CCC=C(C)CCCC(C)C. The van der Waals surface area contributed by atoms with Gasteiger partial charge >= 0.3 is 5.97 Å². The molecule has 0 aliphatic carbocycles. The third-order valence-corrected chi connectivity index (χ3v) is 3.03. The maximum absolute atomic E-state index is 11.2. The van der Waals surface area contributed by atoms with E-state index in [4.69, 9.17) is 4.74 Å². The molecule has 0 amide bonds. The number of carbonyl (C=O) groups excluding carboxylic acids is 1. The summed E-state index contributed by atoms with van der Waals surface area (Å²) in [5, 5.41) is 0. The molecule has 2 heteroatoms. The molecule has 0 N–H and O–H groups in total. The van der Waals surface area contributed by atoms with Crippen LogP contribution in [0.3, 0.4) is 0 Å². The standard InChI is InChI=1S/C17H30O2/c1-6-19-17(18)13-16(5)12-8-11-15(4)10-7-9-14(2)3/h11,13-14H,6-10,12H2,1-5H3. The van der Waals surface area contributed by atoms with Crippen LogP contribution in [0.1, 0.15) is 66.7 Å². The van der Waals surface area contributed by atoms with E-state index in [9.17, 15) is 4.79 Å². The Hall–Kier alpha value is -1.05. The van der Waals surface area contributed by atoms with Crippen LogP contribution < -0.4 is 0 Å². The van der Waals surface area contributed by atoms with Crippen LogP contribution in [0.15, 0.2) is 23.3 Å². The van der Waals surface area contributed by atoms with Crippen LogP contribution in [0.2, 0.25) is 0 Å². The van der Waals surface area contributed by atoms with Gasteiger partial charge in [0.1, 0.15) is 0 Å². The summed E-state index contributed by atoms with van der Waals surface area (Å²) < 4.78 is 4.88. The molecule has 0 aromatic rings. The fourth-order valence-corrected chi connectivity index (χ4v) is 1.89. The summed E-state index contributed by atoms with van der Waals surface area (Å²) >= 11 is 0. The first kappa shape index (κ1) is 17.9. The molecule has 0 aromatic carbocycles. The topological polar surface area (TPSA) is 26.3 Å². The van der Waals surface area contributed by atoms with Gasteiger partial charge in [-0.3, -0.25) is 0 Å². The molecule has 0 heterocycles. The minimum absolute atomic E-state index is 0.224. The zero-order chi connectivity index (χ0) is 14.7. The lowest BCUT2D eigenvalue weighted by molar-refractivity contribution is -0.137. The van der Waals surface area contributed by atoms with Crippen LogP contribution in [0.4, 0.5) is 0 Å². The maximum Gasteiger partial charge on any atom is 0.330 e. The van der Waals surface area contributed by atoms with Crippen molar-refractivity contribution in [3.63, 3.8) is 0 Å². The summed E-state index contributed by atoms with van der Waals surface area (Å²) in [6, 6.07) is 0. The van der Waals surface area contributed by atoms with Crippen molar-refractivity contribution in [1.82, 2.24) is 0 Å². The van der Waals surface area contributed by atoms with Crippen molar-refractivity contribution in [3.05, 3.63) is 23.3 Å². The second kappa shape index (κ2) is 10.8. The Kier molecular flexibility index (Phi) is 10.2. The maximum atomic E-state index is 11.2. The molecule has 0 radical (unpaired) electrons. The molecule has 0 atom stereocenters. The average Bonchev–Trinajstić information content (AvgIpc) is 2.28. The fourth-order valence-electron chi connectivity index (χ4n) is 1.89. The van der Waals surface area contributed by atoms with Gasteiger partial charge in [0, 0.05) is 6.08 Å². The van der Waals surface area contributed by atoms with Crippen molar-refractivity contribution in [2.75, 3.05) is 6.61 Å². The minimum Gasteiger partial charge on any atom is -0.463 e. The van der Waals surface area contributed by atoms with E-state index >= 15 is 0 Å². The largest absolute Gasteiger partial charge is 0.463 e.